The van der Waals surface area contributed by atoms with Crippen LogP contribution in [0.15, 0.2) is 35.5 Å². The first-order valence-electron chi connectivity index (χ1n) is 10.9. The lowest BCUT2D eigenvalue weighted by Crippen LogP contribution is -2.47. The smallest absolute Gasteiger partial charge is 0.230 e. The fraction of sp³-hybridized carbons (Fsp3) is 0.609. The number of rotatable bonds is 7. The van der Waals surface area contributed by atoms with Gasteiger partial charge in [0.25, 0.3) is 0 Å². The normalized spacial score (nSPS) is 29.9. The summed E-state index contributed by atoms with van der Waals surface area (Å²) in [4.78, 5) is 12.2. The number of carbonyl (C=O) groups excluding carboxylic acids is 1. The Morgan fingerprint density at radius 3 is 2.41 bits per heavy atom. The Labute approximate surface area is 177 Å². The SMILES string of the molecule is Cn1c(CC23CC4CC(CC(C4)C2)C3)nnc1SCC(=O)NCc1ccccc1. The molecule has 5 nitrogen and oxygen atoms in total. The van der Waals surface area contributed by atoms with Gasteiger partial charge in [-0.3, -0.25) is 4.79 Å². The number of nitrogens with one attached hydrogen (secondary N) is 1. The highest BCUT2D eigenvalue weighted by atomic mass is 32.2. The minimum absolute atomic E-state index is 0.0319. The van der Waals surface area contributed by atoms with Crippen molar-refractivity contribution in [3.63, 3.8) is 0 Å². The number of benzene rings is 1. The average molecular weight is 411 g/mol. The molecule has 1 amide bonds. The maximum Gasteiger partial charge on any atom is 0.230 e. The van der Waals surface area contributed by atoms with Crippen LogP contribution in [0, 0.1) is 23.2 Å². The van der Waals surface area contributed by atoms with E-state index in [4.69, 9.17) is 0 Å². The van der Waals surface area contributed by atoms with Crippen LogP contribution in [0.2, 0.25) is 0 Å². The highest BCUT2D eigenvalue weighted by molar-refractivity contribution is 7.99. The summed E-state index contributed by atoms with van der Waals surface area (Å²) in [6, 6.07) is 10.00. The van der Waals surface area contributed by atoms with Gasteiger partial charge in [0.2, 0.25) is 5.91 Å². The van der Waals surface area contributed by atoms with Gasteiger partial charge < -0.3 is 9.88 Å². The van der Waals surface area contributed by atoms with Crippen LogP contribution in [0.25, 0.3) is 0 Å². The first-order valence-corrected chi connectivity index (χ1v) is 11.9. The number of hydrogen-bond acceptors (Lipinski definition) is 4. The van der Waals surface area contributed by atoms with Gasteiger partial charge in [-0.15, -0.1) is 10.2 Å². The topological polar surface area (TPSA) is 59.8 Å². The van der Waals surface area contributed by atoms with Crippen molar-refractivity contribution < 1.29 is 4.79 Å². The van der Waals surface area contributed by atoms with Gasteiger partial charge in [-0.25, -0.2) is 0 Å². The van der Waals surface area contributed by atoms with E-state index in [0.717, 1.165) is 40.7 Å². The van der Waals surface area contributed by atoms with Gasteiger partial charge in [-0.1, -0.05) is 42.1 Å². The molecule has 4 aliphatic carbocycles. The predicted molar refractivity (Wildman–Crippen MR) is 114 cm³/mol. The van der Waals surface area contributed by atoms with Crippen LogP contribution in [0.5, 0.6) is 0 Å². The average Bonchev–Trinajstić information content (AvgIpc) is 3.03. The molecule has 6 rings (SSSR count). The Bertz CT molecular complexity index is 843. The molecular weight excluding hydrogens is 380 g/mol. The Balaban J connectivity index is 1.17. The maximum atomic E-state index is 12.2. The maximum absolute atomic E-state index is 12.2. The van der Waals surface area contributed by atoms with Crippen LogP contribution < -0.4 is 5.32 Å². The Kier molecular flexibility index (Phi) is 5.14. The Morgan fingerprint density at radius 2 is 1.76 bits per heavy atom. The summed E-state index contributed by atoms with van der Waals surface area (Å²) in [6.07, 6.45) is 9.62. The van der Waals surface area contributed by atoms with Crippen molar-refractivity contribution >= 4 is 17.7 Å². The van der Waals surface area contributed by atoms with Crippen molar-refractivity contribution in [2.45, 2.75) is 56.6 Å². The molecule has 4 fully saturated rings. The second-order valence-corrected chi connectivity index (χ2v) is 10.5. The van der Waals surface area contributed by atoms with E-state index in [0.29, 0.717) is 17.7 Å². The first kappa shape index (κ1) is 19.2. The predicted octanol–water partition coefficient (Wildman–Crippen LogP) is 3.98. The molecule has 4 bridgehead atoms. The van der Waals surface area contributed by atoms with Gasteiger partial charge in [0.1, 0.15) is 5.82 Å². The molecule has 154 valence electrons. The quantitative estimate of drug-likeness (QED) is 0.702. The Morgan fingerprint density at radius 1 is 1.10 bits per heavy atom. The first-order chi connectivity index (χ1) is 14.1. The monoisotopic (exact) mass is 410 g/mol. The van der Waals surface area contributed by atoms with E-state index in [2.05, 4.69) is 27.1 Å². The zero-order valence-electron chi connectivity index (χ0n) is 17.1. The van der Waals surface area contributed by atoms with E-state index in [1.54, 1.807) is 0 Å². The minimum Gasteiger partial charge on any atom is -0.351 e. The van der Waals surface area contributed by atoms with Crippen LogP contribution in [0.1, 0.15) is 49.9 Å². The molecule has 0 spiro atoms. The van der Waals surface area contributed by atoms with Crippen molar-refractivity contribution in [1.29, 1.82) is 0 Å². The summed E-state index contributed by atoms with van der Waals surface area (Å²) in [5, 5.41) is 12.8. The zero-order chi connectivity index (χ0) is 19.8. The molecule has 0 unspecified atom stereocenters. The Hall–Kier alpha value is -1.82. The van der Waals surface area contributed by atoms with Gasteiger partial charge in [0, 0.05) is 20.0 Å². The van der Waals surface area contributed by atoms with Crippen LogP contribution in [0.4, 0.5) is 0 Å². The van der Waals surface area contributed by atoms with Crippen molar-refractivity contribution in [1.82, 2.24) is 20.1 Å². The van der Waals surface area contributed by atoms with E-state index in [-0.39, 0.29) is 5.91 Å². The van der Waals surface area contributed by atoms with Crippen LogP contribution in [-0.2, 0) is 24.8 Å². The molecule has 0 aliphatic heterocycles. The molecule has 0 saturated heterocycles. The molecular formula is C23H30N4OS. The van der Waals surface area contributed by atoms with Gasteiger partial charge >= 0.3 is 0 Å². The number of hydrogen-bond donors (Lipinski definition) is 1. The van der Waals surface area contributed by atoms with E-state index < -0.39 is 0 Å². The van der Waals surface area contributed by atoms with E-state index >= 15 is 0 Å². The van der Waals surface area contributed by atoms with Gasteiger partial charge in [0.05, 0.1) is 5.75 Å². The standard InChI is InChI=1S/C23H30N4OS/c1-27-20(13-23-10-17-7-18(11-23)9-19(8-17)12-23)25-26-22(27)29-15-21(28)24-14-16-5-3-2-4-6-16/h2-6,17-19H,7-15H2,1H3,(H,24,28). The molecule has 2 aromatic rings. The molecule has 1 heterocycles. The third kappa shape index (κ3) is 4.09. The molecule has 1 aromatic carbocycles. The third-order valence-corrected chi connectivity index (χ3v) is 8.31. The highest BCUT2D eigenvalue weighted by Crippen LogP contribution is 2.60. The molecule has 1 aromatic heterocycles. The minimum atomic E-state index is 0.0319. The van der Waals surface area contributed by atoms with Crippen molar-refractivity contribution in [2.75, 3.05) is 5.75 Å². The van der Waals surface area contributed by atoms with Crippen molar-refractivity contribution in [2.24, 2.45) is 30.2 Å². The number of aromatic nitrogens is 3. The highest BCUT2D eigenvalue weighted by Gasteiger charge is 2.51. The summed E-state index contributed by atoms with van der Waals surface area (Å²) >= 11 is 1.48. The molecule has 1 N–H and O–H groups in total. The number of thioether (sulfide) groups is 1. The fourth-order valence-electron chi connectivity index (χ4n) is 6.44. The summed E-state index contributed by atoms with van der Waals surface area (Å²) in [6.45, 7) is 0.566. The molecule has 0 atom stereocenters. The largest absolute Gasteiger partial charge is 0.351 e. The van der Waals surface area contributed by atoms with Crippen LogP contribution in [0.3, 0.4) is 0 Å². The fourth-order valence-corrected chi connectivity index (χ4v) is 7.20. The second kappa shape index (κ2) is 7.78. The van der Waals surface area contributed by atoms with Crippen molar-refractivity contribution in [3.8, 4) is 0 Å². The second-order valence-electron chi connectivity index (χ2n) is 9.60. The molecule has 6 heteroatoms. The van der Waals surface area contributed by atoms with Gasteiger partial charge in [-0.2, -0.15) is 0 Å². The summed E-state index contributed by atoms with van der Waals surface area (Å²) in [5.41, 5.74) is 1.58. The van der Waals surface area contributed by atoms with Gasteiger partial charge in [0.15, 0.2) is 5.16 Å². The summed E-state index contributed by atoms with van der Waals surface area (Å²) in [5.74, 6) is 4.37. The lowest BCUT2D eigenvalue weighted by molar-refractivity contribution is -0.118. The van der Waals surface area contributed by atoms with Gasteiger partial charge in [-0.05, 0) is 67.3 Å². The van der Waals surface area contributed by atoms with Crippen LogP contribution in [-0.4, -0.2) is 26.4 Å². The number of nitrogens with zero attached hydrogens (tertiary/aromatic N) is 3. The third-order valence-electron chi connectivity index (χ3n) is 7.29. The summed E-state index contributed by atoms with van der Waals surface area (Å²) < 4.78 is 2.12. The van der Waals surface area contributed by atoms with E-state index in [1.165, 1.54) is 50.3 Å². The number of carbonyl (C=O) groups is 1. The lowest BCUT2D eigenvalue weighted by Gasteiger charge is -2.56. The molecule has 4 saturated carbocycles. The van der Waals surface area contributed by atoms with Crippen molar-refractivity contribution in [3.05, 3.63) is 41.7 Å². The molecule has 29 heavy (non-hydrogen) atoms. The summed E-state index contributed by atoms with van der Waals surface area (Å²) in [7, 11) is 2.06. The van der Waals surface area contributed by atoms with E-state index in [9.17, 15) is 4.79 Å². The zero-order valence-corrected chi connectivity index (χ0v) is 18.0. The van der Waals surface area contributed by atoms with Crippen LogP contribution >= 0.6 is 11.8 Å². The number of amides is 1. The molecule has 4 aliphatic rings. The van der Waals surface area contributed by atoms with E-state index in [1.807, 2.05) is 30.3 Å². The lowest BCUT2D eigenvalue weighted by atomic mass is 9.49. The molecule has 0 radical (unpaired) electrons.